The summed E-state index contributed by atoms with van der Waals surface area (Å²) < 4.78 is 40.7. The van der Waals surface area contributed by atoms with Crippen LogP contribution in [-0.2, 0) is 7.05 Å². The Morgan fingerprint density at radius 3 is 2.59 bits per heavy atom. The fourth-order valence-electron chi connectivity index (χ4n) is 5.25. The van der Waals surface area contributed by atoms with E-state index in [1.54, 1.807) is 60.0 Å². The van der Waals surface area contributed by atoms with E-state index in [9.17, 15) is 22.8 Å². The zero-order valence-electron chi connectivity index (χ0n) is 24.4. The summed E-state index contributed by atoms with van der Waals surface area (Å²) in [5.41, 5.74) is 5.03. The summed E-state index contributed by atoms with van der Waals surface area (Å²) in [4.78, 5) is 33.3. The number of hydrogen-bond donors (Lipinski definition) is 2. The van der Waals surface area contributed by atoms with Gasteiger partial charge in [-0.1, -0.05) is 24.8 Å². The highest BCUT2D eigenvalue weighted by molar-refractivity contribution is 5.94. The van der Waals surface area contributed by atoms with Crippen molar-refractivity contribution in [2.75, 3.05) is 32.0 Å². The van der Waals surface area contributed by atoms with Gasteiger partial charge in [-0.3, -0.25) is 14.0 Å². The number of urea groups is 1. The highest BCUT2D eigenvalue weighted by atomic mass is 19.4. The normalized spacial score (nSPS) is 14.5. The molecule has 230 valence electrons. The molecule has 0 spiro atoms. The average molecular weight is 607 g/mol. The molecule has 10 nitrogen and oxygen atoms in total. The number of hydrogen-bond acceptors (Lipinski definition) is 5. The van der Waals surface area contributed by atoms with Gasteiger partial charge in [0.1, 0.15) is 12.9 Å². The van der Waals surface area contributed by atoms with E-state index >= 15 is 0 Å². The number of carbonyl (C=O) groups excluding carboxylic acids is 2. The van der Waals surface area contributed by atoms with Crippen LogP contribution in [0.5, 0.6) is 0 Å². The van der Waals surface area contributed by atoms with Gasteiger partial charge in [0.2, 0.25) is 0 Å². The van der Waals surface area contributed by atoms with Crippen LogP contribution in [0.25, 0.3) is 22.3 Å². The molecule has 5 rings (SSSR count). The third kappa shape index (κ3) is 7.10. The van der Waals surface area contributed by atoms with Gasteiger partial charge in [0.25, 0.3) is 5.91 Å². The Morgan fingerprint density at radius 1 is 1.14 bits per heavy atom. The van der Waals surface area contributed by atoms with Gasteiger partial charge in [-0.05, 0) is 54.3 Å². The van der Waals surface area contributed by atoms with E-state index in [2.05, 4.69) is 33.1 Å². The Bertz CT molecular complexity index is 1700. The highest BCUT2D eigenvalue weighted by Crippen LogP contribution is 2.26. The van der Waals surface area contributed by atoms with Crippen molar-refractivity contribution in [3.63, 3.8) is 0 Å². The Morgan fingerprint density at radius 2 is 1.91 bits per heavy atom. The molecule has 1 fully saturated rings. The minimum absolute atomic E-state index is 0.00341. The van der Waals surface area contributed by atoms with Crippen molar-refractivity contribution in [2.24, 2.45) is 7.05 Å². The Hall–Kier alpha value is -5.07. The van der Waals surface area contributed by atoms with Gasteiger partial charge in [0.05, 0.1) is 22.8 Å². The van der Waals surface area contributed by atoms with Crippen LogP contribution >= 0.6 is 0 Å². The third-order valence-electron chi connectivity index (χ3n) is 7.55. The number of likely N-dealkylation sites (tertiary alicyclic amines) is 1. The van der Waals surface area contributed by atoms with Crippen molar-refractivity contribution < 1.29 is 22.8 Å². The van der Waals surface area contributed by atoms with Crippen molar-refractivity contribution in [2.45, 2.75) is 25.1 Å². The van der Waals surface area contributed by atoms with E-state index in [1.165, 1.54) is 0 Å². The van der Waals surface area contributed by atoms with Crippen LogP contribution in [0.4, 0.5) is 23.7 Å². The minimum atomic E-state index is -4.50. The number of anilines is 1. The molecule has 0 saturated carbocycles. The highest BCUT2D eigenvalue weighted by Gasteiger charge is 2.28. The summed E-state index contributed by atoms with van der Waals surface area (Å²) in [6.07, 6.45) is 6.03. The molecule has 13 heteroatoms. The van der Waals surface area contributed by atoms with Crippen LogP contribution in [0.2, 0.25) is 0 Å². The van der Waals surface area contributed by atoms with Crippen molar-refractivity contribution >= 4 is 34.2 Å². The number of nitrogens with one attached hydrogen (secondary N) is 2. The first-order chi connectivity index (χ1) is 21.0. The monoisotopic (exact) mass is 606 g/mol. The average Bonchev–Trinajstić information content (AvgIpc) is 3.64. The second kappa shape index (κ2) is 12.7. The number of carbonyl (C=O) groups is 2. The number of rotatable bonds is 8. The number of nitrogens with zero attached hydrogens (tertiary/aromatic N) is 6. The van der Waals surface area contributed by atoms with Gasteiger partial charge in [0, 0.05) is 57.0 Å². The number of aromatic nitrogens is 4. The molecule has 2 N–H and O–H groups in total. The predicted octanol–water partition coefficient (Wildman–Crippen LogP) is 5.21. The smallest absolute Gasteiger partial charge is 0.377 e. The Labute approximate surface area is 252 Å². The number of piperidine rings is 1. The van der Waals surface area contributed by atoms with Gasteiger partial charge < -0.3 is 20.4 Å². The molecular weight excluding hydrogens is 573 g/mol. The lowest BCUT2D eigenvalue weighted by Gasteiger charge is -2.36. The lowest BCUT2D eigenvalue weighted by Crippen LogP contribution is -2.44. The topological polar surface area (TPSA) is 100 Å². The van der Waals surface area contributed by atoms with Gasteiger partial charge in [0.15, 0.2) is 0 Å². The van der Waals surface area contributed by atoms with Crippen LogP contribution in [0.3, 0.4) is 0 Å². The van der Waals surface area contributed by atoms with Crippen molar-refractivity contribution in [3.05, 3.63) is 91.2 Å². The lowest BCUT2D eigenvalue weighted by atomic mass is 10.0. The maximum atomic E-state index is 12.8. The fraction of sp³-hybridized carbons (Fsp3) is 0.290. The summed E-state index contributed by atoms with van der Waals surface area (Å²) in [7, 11) is 3.83. The van der Waals surface area contributed by atoms with Gasteiger partial charge in [-0.15, -0.1) is 0 Å². The molecule has 0 aliphatic carbocycles. The van der Waals surface area contributed by atoms with Gasteiger partial charge in [-0.25, -0.2) is 9.78 Å². The minimum Gasteiger partial charge on any atom is -0.377 e. The fourth-order valence-corrected chi connectivity index (χ4v) is 5.25. The second-order valence-electron chi connectivity index (χ2n) is 10.7. The zero-order valence-corrected chi connectivity index (χ0v) is 24.4. The largest absolute Gasteiger partial charge is 0.405 e. The maximum Gasteiger partial charge on any atom is 0.405 e. The lowest BCUT2D eigenvalue weighted by molar-refractivity contribution is -0.122. The second-order valence-corrected chi connectivity index (χ2v) is 10.7. The summed E-state index contributed by atoms with van der Waals surface area (Å²) in [5, 5.41) is 8.32. The molecule has 3 amide bonds. The number of fused-ring (bicyclic) bond motifs is 1. The number of benzene rings is 2. The first kappa shape index (κ1) is 30.4. The molecule has 1 aliphatic heterocycles. The summed E-state index contributed by atoms with van der Waals surface area (Å²) >= 11 is 0. The van der Waals surface area contributed by atoms with Crippen LogP contribution in [0, 0.1) is 0 Å². The van der Waals surface area contributed by atoms with E-state index in [0.717, 1.165) is 35.0 Å². The number of amides is 3. The van der Waals surface area contributed by atoms with Crippen LogP contribution in [0.1, 0.15) is 28.8 Å². The number of halogens is 3. The first-order valence-electron chi connectivity index (χ1n) is 14.0. The SMILES string of the molecule is C=CC(=CN(C)C1CCN(C(=O)c2cnn(C)c2)CC1)c1ccc2c(c1)ncn2-c1cccc(NC(=O)NCC(F)(F)F)c1. The molecule has 0 bridgehead atoms. The van der Waals surface area contributed by atoms with Crippen molar-refractivity contribution in [3.8, 4) is 5.69 Å². The number of imidazole rings is 1. The van der Waals surface area contributed by atoms with E-state index in [0.29, 0.717) is 30.0 Å². The van der Waals surface area contributed by atoms with Crippen LogP contribution in [-0.4, -0.2) is 80.0 Å². The van der Waals surface area contributed by atoms with Crippen LogP contribution in [0.15, 0.2) is 80.0 Å². The van der Waals surface area contributed by atoms with Gasteiger partial charge in [-0.2, -0.15) is 18.3 Å². The number of allylic oxidation sites excluding steroid dienone is 2. The molecule has 1 saturated heterocycles. The van der Waals surface area contributed by atoms with Crippen molar-refractivity contribution in [1.29, 1.82) is 0 Å². The number of alkyl halides is 3. The zero-order chi connectivity index (χ0) is 31.4. The molecule has 0 atom stereocenters. The summed E-state index contributed by atoms with van der Waals surface area (Å²) in [6, 6.07) is 12.0. The van der Waals surface area contributed by atoms with E-state index < -0.39 is 18.8 Å². The molecule has 1 aliphatic rings. The first-order valence-corrected chi connectivity index (χ1v) is 14.0. The molecule has 0 unspecified atom stereocenters. The third-order valence-corrected chi connectivity index (χ3v) is 7.55. The molecule has 44 heavy (non-hydrogen) atoms. The van der Waals surface area contributed by atoms with E-state index in [-0.39, 0.29) is 11.9 Å². The van der Waals surface area contributed by atoms with E-state index in [1.807, 2.05) is 40.8 Å². The maximum absolute atomic E-state index is 12.8. The quantitative estimate of drug-likeness (QED) is 0.269. The Balaban J connectivity index is 1.26. The molecular formula is C31H33F3N8O2. The van der Waals surface area contributed by atoms with E-state index in [4.69, 9.17) is 0 Å². The molecule has 0 radical (unpaired) electrons. The number of aryl methyl sites for hydroxylation is 1. The summed E-state index contributed by atoms with van der Waals surface area (Å²) in [5.74, 6) is 0.00341. The molecule has 3 heterocycles. The van der Waals surface area contributed by atoms with Crippen molar-refractivity contribution in [1.82, 2.24) is 34.4 Å². The molecule has 2 aromatic carbocycles. The van der Waals surface area contributed by atoms with Gasteiger partial charge >= 0.3 is 12.2 Å². The standard InChI is InChI=1S/C31H33F3N8O2/c1-4-21(17-39(2)25-10-12-41(13-11-25)29(43)23-16-37-40(3)18-23)22-8-9-28-27(14-22)36-20-42(28)26-7-5-6-24(15-26)38-30(44)35-19-31(32,33)34/h4-9,14-18,20,25H,1,10-13,19H2,2-3H3,(H2,35,38,44). The Kier molecular flexibility index (Phi) is 8.74. The predicted molar refractivity (Wildman–Crippen MR) is 162 cm³/mol. The molecule has 2 aromatic heterocycles. The van der Waals surface area contributed by atoms with Crippen LogP contribution < -0.4 is 10.6 Å². The summed E-state index contributed by atoms with van der Waals surface area (Å²) in [6.45, 7) is 3.93. The molecule has 4 aromatic rings.